The second-order valence-corrected chi connectivity index (χ2v) is 10.5. The molecule has 1 N–H and O–H groups in total. The highest BCUT2D eigenvalue weighted by atomic mass is 127. The average molecular weight is 459 g/mol. The smallest absolute Gasteiger partial charge is 0.193 e. The summed E-state index contributed by atoms with van der Waals surface area (Å²) in [5, 5.41) is 3.21. The van der Waals surface area contributed by atoms with Gasteiger partial charge in [0.1, 0.15) is 0 Å². The van der Waals surface area contributed by atoms with Gasteiger partial charge in [-0.1, -0.05) is 13.8 Å². The van der Waals surface area contributed by atoms with E-state index in [1.165, 1.54) is 12.8 Å². The Kier molecular flexibility index (Phi) is 9.42. The molecule has 1 fully saturated rings. The molecule has 1 aliphatic heterocycles. The molecule has 1 rings (SSSR count). The van der Waals surface area contributed by atoms with Crippen molar-refractivity contribution in [3.8, 4) is 0 Å². The van der Waals surface area contributed by atoms with E-state index in [9.17, 15) is 8.42 Å². The van der Waals surface area contributed by atoms with E-state index in [1.807, 2.05) is 0 Å². The zero-order valence-corrected chi connectivity index (χ0v) is 18.6. The summed E-state index contributed by atoms with van der Waals surface area (Å²) >= 11 is 0. The Balaban J connectivity index is 0.00000484. The van der Waals surface area contributed by atoms with Gasteiger partial charge in [-0.15, -0.1) is 24.0 Å². The van der Waals surface area contributed by atoms with Crippen LogP contribution >= 0.6 is 24.0 Å². The third kappa shape index (κ3) is 7.15. The molecule has 0 saturated carbocycles. The van der Waals surface area contributed by atoms with Gasteiger partial charge in [0, 0.05) is 26.7 Å². The molecule has 23 heavy (non-hydrogen) atoms. The van der Waals surface area contributed by atoms with Crippen molar-refractivity contribution in [3.05, 3.63) is 0 Å². The van der Waals surface area contributed by atoms with Crippen LogP contribution in [0.15, 0.2) is 4.99 Å². The van der Waals surface area contributed by atoms with Gasteiger partial charge in [-0.2, -0.15) is 0 Å². The van der Waals surface area contributed by atoms with Gasteiger partial charge in [-0.05, 0) is 45.4 Å². The first-order valence-electron chi connectivity index (χ1n) is 8.24. The fraction of sp³-hybridized carbons (Fsp3) is 0.938. The summed E-state index contributed by atoms with van der Waals surface area (Å²) < 4.78 is 23.5. The van der Waals surface area contributed by atoms with Gasteiger partial charge in [-0.25, -0.2) is 8.42 Å². The molecule has 1 aliphatic rings. The van der Waals surface area contributed by atoms with Crippen molar-refractivity contribution in [1.29, 1.82) is 0 Å². The molecule has 0 bridgehead atoms. The Morgan fingerprint density at radius 3 is 2.43 bits per heavy atom. The fourth-order valence-electron chi connectivity index (χ4n) is 2.82. The average Bonchev–Trinajstić information content (AvgIpc) is 2.80. The van der Waals surface area contributed by atoms with Crippen molar-refractivity contribution < 1.29 is 8.42 Å². The Morgan fingerprint density at radius 1 is 1.35 bits per heavy atom. The topological polar surface area (TPSA) is 61.8 Å². The minimum atomic E-state index is -3.09. The summed E-state index contributed by atoms with van der Waals surface area (Å²) in [5.41, 5.74) is 0. The van der Waals surface area contributed by atoms with Crippen molar-refractivity contribution >= 4 is 39.8 Å². The van der Waals surface area contributed by atoms with E-state index in [-0.39, 0.29) is 29.7 Å². The quantitative estimate of drug-likeness (QED) is 0.390. The standard InChI is InChI=1S/C16H33N3O2S.HI/c1-13(2)11-14-7-9-19(12-14)15(17-6)18-8-10-22(20,21)16(3,4)5;/h13-14H,7-12H2,1-6H3,(H,17,18);1H. The lowest BCUT2D eigenvalue weighted by atomic mass is 9.97. The maximum atomic E-state index is 12.1. The third-order valence-electron chi connectivity index (χ3n) is 4.19. The predicted octanol–water partition coefficient (Wildman–Crippen LogP) is 2.76. The number of hydrogen-bond donors (Lipinski definition) is 1. The van der Waals surface area contributed by atoms with Gasteiger partial charge in [0.25, 0.3) is 0 Å². The summed E-state index contributed by atoms with van der Waals surface area (Å²) in [5.74, 6) is 2.41. The normalized spacial score (nSPS) is 19.9. The minimum absolute atomic E-state index is 0. The van der Waals surface area contributed by atoms with E-state index in [2.05, 4.69) is 29.1 Å². The SMILES string of the molecule is CN=C(NCCS(=O)(=O)C(C)(C)C)N1CCC(CC(C)C)C1.I. The summed E-state index contributed by atoms with van der Waals surface area (Å²) in [4.78, 5) is 6.55. The van der Waals surface area contributed by atoms with E-state index >= 15 is 0 Å². The van der Waals surface area contributed by atoms with Crippen molar-refractivity contribution in [3.63, 3.8) is 0 Å². The number of rotatable bonds is 5. The van der Waals surface area contributed by atoms with Crippen LogP contribution < -0.4 is 5.32 Å². The third-order valence-corrected chi connectivity index (χ3v) is 6.80. The molecule has 0 radical (unpaired) electrons. The zero-order chi connectivity index (χ0) is 17.0. The Hall–Kier alpha value is -0.0500. The Morgan fingerprint density at radius 2 is 1.96 bits per heavy atom. The first kappa shape index (κ1) is 22.9. The molecule has 1 heterocycles. The molecular formula is C16H34IN3O2S. The fourth-order valence-corrected chi connectivity index (χ4v) is 3.80. The number of guanidine groups is 1. The highest BCUT2D eigenvalue weighted by Gasteiger charge is 2.29. The number of halogens is 1. The summed E-state index contributed by atoms with van der Waals surface area (Å²) in [7, 11) is -1.33. The molecular weight excluding hydrogens is 425 g/mol. The molecule has 0 aromatic heterocycles. The first-order chi connectivity index (χ1) is 10.1. The van der Waals surface area contributed by atoms with E-state index in [0.29, 0.717) is 6.54 Å². The number of hydrogen-bond acceptors (Lipinski definition) is 3. The van der Waals surface area contributed by atoms with E-state index in [1.54, 1.807) is 27.8 Å². The van der Waals surface area contributed by atoms with Crippen LogP contribution in [0, 0.1) is 11.8 Å². The van der Waals surface area contributed by atoms with E-state index < -0.39 is 14.6 Å². The van der Waals surface area contributed by atoms with Gasteiger partial charge in [-0.3, -0.25) is 4.99 Å². The van der Waals surface area contributed by atoms with Crippen LogP contribution in [-0.4, -0.2) is 56.5 Å². The Bertz CT molecular complexity index is 484. The lowest BCUT2D eigenvalue weighted by Gasteiger charge is -2.23. The van der Waals surface area contributed by atoms with Crippen LogP contribution in [0.1, 0.15) is 47.5 Å². The monoisotopic (exact) mass is 459 g/mol. The molecule has 0 aromatic rings. The van der Waals surface area contributed by atoms with Crippen molar-refractivity contribution in [2.75, 3.05) is 32.4 Å². The number of likely N-dealkylation sites (tertiary alicyclic amines) is 1. The zero-order valence-electron chi connectivity index (χ0n) is 15.4. The largest absolute Gasteiger partial charge is 0.355 e. The second kappa shape index (κ2) is 9.44. The van der Waals surface area contributed by atoms with Gasteiger partial charge in [0.15, 0.2) is 15.8 Å². The van der Waals surface area contributed by atoms with Crippen LogP contribution in [0.2, 0.25) is 0 Å². The maximum Gasteiger partial charge on any atom is 0.193 e. The van der Waals surface area contributed by atoms with E-state index in [0.717, 1.165) is 30.9 Å². The van der Waals surface area contributed by atoms with Crippen molar-refractivity contribution in [2.24, 2.45) is 16.8 Å². The summed E-state index contributed by atoms with van der Waals surface area (Å²) in [6.45, 7) is 12.2. The molecule has 5 nitrogen and oxygen atoms in total. The summed E-state index contributed by atoms with van der Waals surface area (Å²) in [6.07, 6.45) is 2.44. The molecule has 7 heteroatoms. The van der Waals surface area contributed by atoms with Crippen LogP contribution in [0.4, 0.5) is 0 Å². The maximum absolute atomic E-state index is 12.1. The molecule has 0 amide bonds. The number of aliphatic imine (C=N–C) groups is 1. The van der Waals surface area contributed by atoms with Crippen LogP contribution in [0.25, 0.3) is 0 Å². The first-order valence-corrected chi connectivity index (χ1v) is 9.90. The van der Waals surface area contributed by atoms with Gasteiger partial charge in [0.05, 0.1) is 10.5 Å². The van der Waals surface area contributed by atoms with Gasteiger partial charge >= 0.3 is 0 Å². The highest BCUT2D eigenvalue weighted by Crippen LogP contribution is 2.23. The number of sulfone groups is 1. The highest BCUT2D eigenvalue weighted by molar-refractivity contribution is 14.0. The summed E-state index contributed by atoms with van der Waals surface area (Å²) in [6, 6.07) is 0. The molecule has 0 aliphatic carbocycles. The number of nitrogens with zero attached hydrogens (tertiary/aromatic N) is 2. The van der Waals surface area contributed by atoms with Gasteiger partial charge < -0.3 is 10.2 Å². The van der Waals surface area contributed by atoms with Crippen molar-refractivity contribution in [2.45, 2.75) is 52.2 Å². The Labute approximate surface area is 159 Å². The van der Waals surface area contributed by atoms with Crippen LogP contribution in [0.3, 0.4) is 0 Å². The molecule has 1 saturated heterocycles. The molecule has 0 spiro atoms. The predicted molar refractivity (Wildman–Crippen MR) is 109 cm³/mol. The molecule has 1 atom stereocenters. The lowest BCUT2D eigenvalue weighted by Crippen LogP contribution is -2.43. The molecule has 0 aromatic carbocycles. The van der Waals surface area contributed by atoms with Crippen LogP contribution in [0.5, 0.6) is 0 Å². The minimum Gasteiger partial charge on any atom is -0.355 e. The van der Waals surface area contributed by atoms with Crippen LogP contribution in [-0.2, 0) is 9.84 Å². The number of nitrogens with one attached hydrogen (secondary N) is 1. The van der Waals surface area contributed by atoms with Gasteiger partial charge in [0.2, 0.25) is 0 Å². The second-order valence-electron chi connectivity index (χ2n) is 7.64. The molecule has 138 valence electrons. The van der Waals surface area contributed by atoms with Crippen molar-refractivity contribution in [1.82, 2.24) is 10.2 Å². The lowest BCUT2D eigenvalue weighted by molar-refractivity contribution is 0.404. The van der Waals surface area contributed by atoms with E-state index in [4.69, 9.17) is 0 Å². The molecule has 1 unspecified atom stereocenters.